The van der Waals surface area contributed by atoms with E-state index in [1.165, 1.54) is 0 Å². The zero-order valence-electron chi connectivity index (χ0n) is 8.65. The summed E-state index contributed by atoms with van der Waals surface area (Å²) in [6.07, 6.45) is 2.30. The molecule has 0 saturated heterocycles. The molecule has 0 spiro atoms. The Morgan fingerprint density at radius 3 is 1.93 bits per heavy atom. The molecule has 5 nitrogen and oxygen atoms in total. The predicted molar refractivity (Wildman–Crippen MR) is 56.9 cm³/mol. The molecule has 1 unspecified atom stereocenters. The van der Waals surface area contributed by atoms with Crippen LogP contribution in [0.25, 0.3) is 0 Å². The number of hydrogen-bond donors (Lipinski definition) is 1. The van der Waals surface area contributed by atoms with Gasteiger partial charge < -0.3 is 5.32 Å². The van der Waals surface area contributed by atoms with E-state index in [1.54, 1.807) is 6.92 Å². The highest BCUT2D eigenvalue weighted by Gasteiger charge is 2.10. The van der Waals surface area contributed by atoms with Gasteiger partial charge in [0.25, 0.3) is 0 Å². The molecule has 0 aromatic carbocycles. The molecule has 86 valence electrons. The van der Waals surface area contributed by atoms with Crippen LogP contribution in [0.5, 0.6) is 0 Å². The largest absolute Gasteiger partial charge is 0.312 e. The number of sulfone groups is 2. The second-order valence-electron chi connectivity index (χ2n) is 3.58. The van der Waals surface area contributed by atoms with Crippen LogP contribution in [-0.4, -0.2) is 53.4 Å². The molecule has 0 saturated carbocycles. The first kappa shape index (κ1) is 13.9. The second-order valence-corrected chi connectivity index (χ2v) is 8.02. The SMILES string of the molecule is CC(CS(C)(=O)=O)NCCS(C)(=O)=O. The van der Waals surface area contributed by atoms with E-state index in [9.17, 15) is 16.8 Å². The van der Waals surface area contributed by atoms with E-state index in [4.69, 9.17) is 0 Å². The minimum absolute atomic E-state index is 0.0246. The molecule has 0 aromatic heterocycles. The van der Waals surface area contributed by atoms with Gasteiger partial charge in [-0.25, -0.2) is 16.8 Å². The molecule has 1 N–H and O–H groups in total. The minimum atomic E-state index is -3.00. The fourth-order valence-corrected chi connectivity index (χ4v) is 2.52. The summed E-state index contributed by atoms with van der Waals surface area (Å²) in [4.78, 5) is 0. The van der Waals surface area contributed by atoms with Crippen LogP contribution >= 0.6 is 0 Å². The van der Waals surface area contributed by atoms with E-state index >= 15 is 0 Å². The van der Waals surface area contributed by atoms with Gasteiger partial charge in [-0.1, -0.05) is 0 Å². The zero-order valence-corrected chi connectivity index (χ0v) is 10.3. The van der Waals surface area contributed by atoms with E-state index in [2.05, 4.69) is 5.32 Å². The molecule has 0 aliphatic rings. The fraction of sp³-hybridized carbons (Fsp3) is 1.00. The molecule has 14 heavy (non-hydrogen) atoms. The van der Waals surface area contributed by atoms with Crippen LogP contribution in [-0.2, 0) is 19.7 Å². The van der Waals surface area contributed by atoms with E-state index in [1.807, 2.05) is 0 Å². The topological polar surface area (TPSA) is 80.3 Å². The summed E-state index contributed by atoms with van der Waals surface area (Å²) in [6.45, 7) is 2.00. The Bertz CT molecular complexity index is 357. The maximum absolute atomic E-state index is 10.8. The predicted octanol–water partition coefficient (Wildman–Crippen LogP) is -0.946. The van der Waals surface area contributed by atoms with Gasteiger partial charge in [0.15, 0.2) is 0 Å². The van der Waals surface area contributed by atoms with Crippen molar-refractivity contribution in [3.05, 3.63) is 0 Å². The normalized spacial score (nSPS) is 15.4. The van der Waals surface area contributed by atoms with E-state index < -0.39 is 19.7 Å². The van der Waals surface area contributed by atoms with Gasteiger partial charge in [-0.2, -0.15) is 0 Å². The first-order valence-corrected chi connectivity index (χ1v) is 8.31. The van der Waals surface area contributed by atoms with Crippen LogP contribution in [0.1, 0.15) is 6.92 Å². The fourth-order valence-electron chi connectivity index (χ4n) is 1.00. The Morgan fingerprint density at radius 2 is 1.57 bits per heavy atom. The molecule has 0 amide bonds. The quantitative estimate of drug-likeness (QED) is 0.651. The molecular formula is C7H17NO4S2. The van der Waals surface area contributed by atoms with Crippen LogP contribution < -0.4 is 5.32 Å². The molecular weight excluding hydrogens is 226 g/mol. The van der Waals surface area contributed by atoms with Crippen molar-refractivity contribution in [1.82, 2.24) is 5.32 Å². The van der Waals surface area contributed by atoms with Gasteiger partial charge in [0.05, 0.1) is 11.5 Å². The molecule has 7 heteroatoms. The van der Waals surface area contributed by atoms with Gasteiger partial charge in [0, 0.05) is 25.1 Å². The summed E-state index contributed by atoms with van der Waals surface area (Å²) in [5, 5.41) is 2.84. The summed E-state index contributed by atoms with van der Waals surface area (Å²) in [6, 6.07) is -0.216. The Balaban J connectivity index is 3.82. The highest BCUT2D eigenvalue weighted by molar-refractivity contribution is 7.90. The zero-order chi connectivity index (χ0) is 11.4. The third kappa shape index (κ3) is 9.94. The van der Waals surface area contributed by atoms with Crippen molar-refractivity contribution in [2.75, 3.05) is 30.6 Å². The molecule has 0 rings (SSSR count). The second kappa shape index (κ2) is 5.09. The lowest BCUT2D eigenvalue weighted by molar-refractivity contribution is 0.565. The average Bonchev–Trinajstić information content (AvgIpc) is 1.78. The van der Waals surface area contributed by atoms with Crippen molar-refractivity contribution in [3.8, 4) is 0 Å². The van der Waals surface area contributed by atoms with Crippen LogP contribution in [0.3, 0.4) is 0 Å². The Labute approximate surface area is 85.7 Å². The number of rotatable bonds is 6. The molecule has 1 atom stereocenters. The standard InChI is InChI=1S/C7H17NO4S2/c1-7(6-14(3,11)12)8-4-5-13(2,9)10/h7-8H,4-6H2,1-3H3. The van der Waals surface area contributed by atoms with Crippen molar-refractivity contribution >= 4 is 19.7 Å². The molecule has 0 aromatic rings. The van der Waals surface area contributed by atoms with E-state index in [-0.39, 0.29) is 24.1 Å². The minimum Gasteiger partial charge on any atom is -0.312 e. The van der Waals surface area contributed by atoms with Crippen LogP contribution in [0.4, 0.5) is 0 Å². The van der Waals surface area contributed by atoms with Crippen LogP contribution in [0.15, 0.2) is 0 Å². The van der Waals surface area contributed by atoms with Crippen molar-refractivity contribution in [1.29, 1.82) is 0 Å². The molecule has 0 aliphatic heterocycles. The summed E-state index contributed by atoms with van der Waals surface area (Å²) < 4.78 is 43.2. The smallest absolute Gasteiger partial charge is 0.148 e. The monoisotopic (exact) mass is 243 g/mol. The van der Waals surface area contributed by atoms with Crippen molar-refractivity contribution < 1.29 is 16.8 Å². The van der Waals surface area contributed by atoms with E-state index in [0.717, 1.165) is 12.5 Å². The van der Waals surface area contributed by atoms with Gasteiger partial charge in [-0.05, 0) is 6.92 Å². The molecule has 0 heterocycles. The number of nitrogens with one attached hydrogen (secondary N) is 1. The lowest BCUT2D eigenvalue weighted by Gasteiger charge is -2.11. The lowest BCUT2D eigenvalue weighted by atomic mass is 10.4. The highest BCUT2D eigenvalue weighted by Crippen LogP contribution is 1.90. The third-order valence-electron chi connectivity index (χ3n) is 1.52. The summed E-state index contributed by atoms with van der Waals surface area (Å²) in [5.74, 6) is 0.0534. The molecule has 0 fully saturated rings. The first-order valence-electron chi connectivity index (χ1n) is 4.19. The Morgan fingerprint density at radius 1 is 1.07 bits per heavy atom. The summed E-state index contributed by atoms with van der Waals surface area (Å²) in [7, 11) is -5.98. The van der Waals surface area contributed by atoms with Gasteiger partial charge in [-0.15, -0.1) is 0 Å². The Hall–Kier alpha value is -0.140. The van der Waals surface area contributed by atoms with Gasteiger partial charge in [0.2, 0.25) is 0 Å². The maximum atomic E-state index is 10.8. The summed E-state index contributed by atoms with van der Waals surface area (Å²) in [5.41, 5.74) is 0. The first-order chi connectivity index (χ1) is 6.10. The lowest BCUT2D eigenvalue weighted by Crippen LogP contribution is -2.35. The maximum Gasteiger partial charge on any atom is 0.148 e. The molecule has 0 radical (unpaired) electrons. The van der Waals surface area contributed by atoms with Crippen molar-refractivity contribution in [3.63, 3.8) is 0 Å². The van der Waals surface area contributed by atoms with Crippen molar-refractivity contribution in [2.45, 2.75) is 13.0 Å². The molecule has 0 aliphatic carbocycles. The van der Waals surface area contributed by atoms with Crippen LogP contribution in [0, 0.1) is 0 Å². The van der Waals surface area contributed by atoms with E-state index in [0.29, 0.717) is 0 Å². The van der Waals surface area contributed by atoms with Crippen molar-refractivity contribution in [2.24, 2.45) is 0 Å². The molecule has 0 bridgehead atoms. The van der Waals surface area contributed by atoms with Crippen LogP contribution in [0.2, 0.25) is 0 Å². The summed E-state index contributed by atoms with van der Waals surface area (Å²) >= 11 is 0. The van der Waals surface area contributed by atoms with Gasteiger partial charge >= 0.3 is 0 Å². The van der Waals surface area contributed by atoms with Gasteiger partial charge in [0.1, 0.15) is 19.7 Å². The highest BCUT2D eigenvalue weighted by atomic mass is 32.2. The third-order valence-corrected chi connectivity index (χ3v) is 3.57. The van der Waals surface area contributed by atoms with Gasteiger partial charge in [-0.3, -0.25) is 0 Å². The Kier molecular flexibility index (Phi) is 5.03. The number of hydrogen-bond acceptors (Lipinski definition) is 5. The average molecular weight is 243 g/mol.